The average Bonchev–Trinajstić information content (AvgIpc) is 2.45. The van der Waals surface area contributed by atoms with E-state index in [1.54, 1.807) is 0 Å². The van der Waals surface area contributed by atoms with Crippen molar-refractivity contribution >= 4 is 17.5 Å². The molecule has 0 spiro atoms. The smallest absolute Gasteiger partial charge is 0.234 e. The van der Waals surface area contributed by atoms with Crippen molar-refractivity contribution in [2.45, 2.75) is 44.6 Å². The molecule has 0 aliphatic heterocycles. The number of hydrogen-bond acceptors (Lipinski definition) is 2. The minimum atomic E-state index is 0.0600. The van der Waals surface area contributed by atoms with Gasteiger partial charge in [0.2, 0.25) is 5.91 Å². The molecule has 0 heterocycles. The molecule has 92 valence electrons. The summed E-state index contributed by atoms with van der Waals surface area (Å²) in [6, 6.07) is 0.371. The maximum Gasteiger partial charge on any atom is 0.234 e. The van der Waals surface area contributed by atoms with E-state index in [2.05, 4.69) is 17.2 Å². The van der Waals surface area contributed by atoms with Crippen molar-refractivity contribution in [2.75, 3.05) is 13.1 Å². The van der Waals surface area contributed by atoms with Gasteiger partial charge < -0.3 is 10.6 Å². The summed E-state index contributed by atoms with van der Waals surface area (Å²) in [6.07, 6.45) is 7.31. The third-order valence-corrected chi connectivity index (χ3v) is 2.96. The Kier molecular flexibility index (Phi) is 6.50. The third-order valence-electron chi connectivity index (χ3n) is 2.82. The Balaban J connectivity index is 2.14. The van der Waals surface area contributed by atoms with Crippen LogP contribution in [-0.2, 0) is 4.79 Å². The molecular weight excluding hydrogens is 224 g/mol. The number of rotatable bonds is 5. The third kappa shape index (κ3) is 6.13. The van der Waals surface area contributed by atoms with E-state index in [1.807, 2.05) is 0 Å². The maximum atomic E-state index is 11.6. The summed E-state index contributed by atoms with van der Waals surface area (Å²) in [6.45, 7) is 4.36. The molecule has 16 heavy (non-hydrogen) atoms. The van der Waals surface area contributed by atoms with E-state index < -0.39 is 0 Å². The fraction of sp³-hybridized carbons (Fsp3) is 0.750. The molecule has 0 radical (unpaired) electrons. The average molecular weight is 245 g/mol. The lowest BCUT2D eigenvalue weighted by molar-refractivity contribution is -0.121. The Morgan fingerprint density at radius 1 is 1.19 bits per heavy atom. The summed E-state index contributed by atoms with van der Waals surface area (Å²) in [5, 5.41) is 6.53. The topological polar surface area (TPSA) is 41.1 Å². The summed E-state index contributed by atoms with van der Waals surface area (Å²) in [4.78, 5) is 11.6. The fourth-order valence-electron chi connectivity index (χ4n) is 2.01. The predicted molar refractivity (Wildman–Crippen MR) is 67.5 cm³/mol. The quantitative estimate of drug-likeness (QED) is 0.728. The van der Waals surface area contributed by atoms with Crippen molar-refractivity contribution in [1.82, 2.24) is 10.6 Å². The van der Waals surface area contributed by atoms with Gasteiger partial charge >= 0.3 is 0 Å². The molecule has 1 aliphatic carbocycles. The van der Waals surface area contributed by atoms with E-state index >= 15 is 0 Å². The summed E-state index contributed by atoms with van der Waals surface area (Å²) in [5.74, 6) is 0.0600. The van der Waals surface area contributed by atoms with Crippen LogP contribution < -0.4 is 10.6 Å². The van der Waals surface area contributed by atoms with E-state index in [0.29, 0.717) is 24.2 Å². The van der Waals surface area contributed by atoms with Crippen molar-refractivity contribution < 1.29 is 4.79 Å². The van der Waals surface area contributed by atoms with Crippen molar-refractivity contribution in [1.29, 1.82) is 0 Å². The molecule has 0 aromatic carbocycles. The Labute approximate surface area is 103 Å². The minimum Gasteiger partial charge on any atom is -0.352 e. The van der Waals surface area contributed by atoms with Crippen LogP contribution in [0.5, 0.6) is 0 Å². The molecule has 0 atom stereocenters. The molecule has 1 saturated carbocycles. The molecule has 0 aromatic rings. The molecule has 3 nitrogen and oxygen atoms in total. The molecule has 1 rings (SSSR count). The van der Waals surface area contributed by atoms with E-state index in [4.69, 9.17) is 11.6 Å². The highest BCUT2D eigenvalue weighted by atomic mass is 35.5. The molecule has 0 unspecified atom stereocenters. The minimum absolute atomic E-state index is 0.0600. The second kappa shape index (κ2) is 7.69. The molecule has 1 amide bonds. The van der Waals surface area contributed by atoms with Crippen molar-refractivity contribution in [3.8, 4) is 0 Å². The first-order valence-corrected chi connectivity index (χ1v) is 6.39. The molecule has 0 aromatic heterocycles. The van der Waals surface area contributed by atoms with Crippen molar-refractivity contribution in [3.05, 3.63) is 11.6 Å². The van der Waals surface area contributed by atoms with Gasteiger partial charge in [-0.1, -0.05) is 43.9 Å². The molecule has 4 heteroatoms. The highest BCUT2D eigenvalue weighted by molar-refractivity contribution is 6.29. The van der Waals surface area contributed by atoms with Gasteiger partial charge in [0, 0.05) is 17.6 Å². The first-order valence-electron chi connectivity index (χ1n) is 6.02. The van der Waals surface area contributed by atoms with Crippen molar-refractivity contribution in [2.24, 2.45) is 0 Å². The van der Waals surface area contributed by atoms with Gasteiger partial charge in [-0.25, -0.2) is 0 Å². The Hall–Kier alpha value is -0.540. The highest BCUT2D eigenvalue weighted by Gasteiger charge is 2.13. The van der Waals surface area contributed by atoms with Crippen LogP contribution in [0.25, 0.3) is 0 Å². The maximum absolute atomic E-state index is 11.6. The Morgan fingerprint density at radius 3 is 2.38 bits per heavy atom. The van der Waals surface area contributed by atoms with Crippen LogP contribution in [0.4, 0.5) is 0 Å². The van der Waals surface area contributed by atoms with Crippen LogP contribution in [-0.4, -0.2) is 25.0 Å². The van der Waals surface area contributed by atoms with E-state index in [9.17, 15) is 4.79 Å². The first kappa shape index (κ1) is 13.5. The van der Waals surface area contributed by atoms with Crippen LogP contribution in [0, 0.1) is 0 Å². The molecule has 2 N–H and O–H groups in total. The molecule has 1 aliphatic rings. The number of halogens is 1. The molecular formula is C12H21ClN2O. The van der Waals surface area contributed by atoms with Crippen molar-refractivity contribution in [3.63, 3.8) is 0 Å². The summed E-state index contributed by atoms with van der Waals surface area (Å²) in [5.41, 5.74) is 0. The van der Waals surface area contributed by atoms with Crippen LogP contribution in [0.3, 0.4) is 0 Å². The zero-order chi connectivity index (χ0) is 11.8. The second-order valence-electron chi connectivity index (χ2n) is 4.38. The lowest BCUT2D eigenvalue weighted by Gasteiger charge is -2.16. The number of nitrogens with one attached hydrogen (secondary N) is 2. The fourth-order valence-corrected chi connectivity index (χ4v) is 2.11. The Bertz CT molecular complexity index is 235. The SMILES string of the molecule is C=C(Cl)CNCC(=O)NC1CCCCCC1. The van der Waals surface area contributed by atoms with Crippen LogP contribution in [0.1, 0.15) is 38.5 Å². The summed E-state index contributed by atoms with van der Waals surface area (Å²) < 4.78 is 0. The summed E-state index contributed by atoms with van der Waals surface area (Å²) >= 11 is 5.59. The van der Waals surface area contributed by atoms with E-state index in [0.717, 1.165) is 12.8 Å². The molecule has 0 saturated heterocycles. The zero-order valence-electron chi connectivity index (χ0n) is 9.73. The predicted octanol–water partition coefficient (Wildman–Crippen LogP) is 2.17. The number of hydrogen-bond donors (Lipinski definition) is 2. The monoisotopic (exact) mass is 244 g/mol. The van der Waals surface area contributed by atoms with Gasteiger partial charge in [-0.15, -0.1) is 0 Å². The normalized spacial score (nSPS) is 17.8. The van der Waals surface area contributed by atoms with E-state index in [-0.39, 0.29) is 5.91 Å². The lowest BCUT2D eigenvalue weighted by atomic mass is 10.1. The van der Waals surface area contributed by atoms with Gasteiger partial charge in [0.15, 0.2) is 0 Å². The molecule has 1 fully saturated rings. The number of amides is 1. The highest BCUT2D eigenvalue weighted by Crippen LogP contribution is 2.16. The number of carbonyl (C=O) groups excluding carboxylic acids is 1. The number of carbonyl (C=O) groups is 1. The standard InChI is InChI=1S/C12H21ClN2O/c1-10(13)8-14-9-12(16)15-11-6-4-2-3-5-7-11/h11,14H,1-9H2,(H,15,16). The van der Waals surface area contributed by atoms with Gasteiger partial charge in [0.25, 0.3) is 0 Å². The van der Waals surface area contributed by atoms with Gasteiger partial charge in [-0.05, 0) is 12.8 Å². The summed E-state index contributed by atoms with van der Waals surface area (Å²) in [7, 11) is 0. The molecule has 0 bridgehead atoms. The van der Waals surface area contributed by atoms with Crippen LogP contribution in [0.15, 0.2) is 11.6 Å². The largest absolute Gasteiger partial charge is 0.352 e. The zero-order valence-corrected chi connectivity index (χ0v) is 10.5. The van der Waals surface area contributed by atoms with Gasteiger partial charge in [0.05, 0.1) is 6.54 Å². The van der Waals surface area contributed by atoms with E-state index in [1.165, 1.54) is 25.7 Å². The van der Waals surface area contributed by atoms with Gasteiger partial charge in [-0.3, -0.25) is 4.79 Å². The van der Waals surface area contributed by atoms with Crippen LogP contribution >= 0.6 is 11.6 Å². The van der Waals surface area contributed by atoms with Gasteiger partial charge in [0.1, 0.15) is 0 Å². The first-order chi connectivity index (χ1) is 7.68. The lowest BCUT2D eigenvalue weighted by Crippen LogP contribution is -2.40. The van der Waals surface area contributed by atoms with Crippen LogP contribution in [0.2, 0.25) is 0 Å². The second-order valence-corrected chi connectivity index (χ2v) is 4.91. The Morgan fingerprint density at radius 2 is 1.81 bits per heavy atom. The van der Waals surface area contributed by atoms with Gasteiger partial charge in [-0.2, -0.15) is 0 Å².